The van der Waals surface area contributed by atoms with Gasteiger partial charge in [-0.2, -0.15) is 5.10 Å². The van der Waals surface area contributed by atoms with Crippen molar-refractivity contribution in [1.82, 2.24) is 5.43 Å². The number of ether oxygens (including phenoxy) is 1. The van der Waals surface area contributed by atoms with Crippen molar-refractivity contribution < 1.29 is 9.53 Å². The Morgan fingerprint density at radius 3 is 2.80 bits per heavy atom. The van der Waals surface area contributed by atoms with E-state index in [4.69, 9.17) is 0 Å². The summed E-state index contributed by atoms with van der Waals surface area (Å²) in [4.78, 5) is 10.9. The molecule has 0 aromatic rings. The van der Waals surface area contributed by atoms with Gasteiger partial charge in [-0.3, -0.25) is 0 Å². The molecule has 0 heterocycles. The topological polar surface area (TPSA) is 50.7 Å². The second-order valence-electron chi connectivity index (χ2n) is 5.14. The molecule has 0 aromatic carbocycles. The van der Waals surface area contributed by atoms with Crippen LogP contribution in [0.2, 0.25) is 0 Å². The maximum Gasteiger partial charge on any atom is 0.427 e. The normalized spacial score (nSPS) is 27.5. The number of hydrogen-bond donors (Lipinski definition) is 1. The summed E-state index contributed by atoms with van der Waals surface area (Å²) in [5.74, 6) is 0.631. The zero-order valence-electron chi connectivity index (χ0n) is 9.96. The number of amides is 1. The van der Waals surface area contributed by atoms with Crippen LogP contribution in [0, 0.1) is 11.3 Å². The molecule has 0 radical (unpaired) electrons. The fraction of sp³-hybridized carbons (Fsp3) is 0.818. The molecule has 1 fully saturated rings. The van der Waals surface area contributed by atoms with E-state index in [-0.39, 0.29) is 5.41 Å². The third kappa shape index (κ3) is 3.90. The Labute approximate surface area is 91.1 Å². The van der Waals surface area contributed by atoms with Crippen molar-refractivity contribution in [1.29, 1.82) is 0 Å². The predicted molar refractivity (Wildman–Crippen MR) is 59.8 cm³/mol. The van der Waals surface area contributed by atoms with Gasteiger partial charge in [0.05, 0.1) is 7.11 Å². The molecule has 0 saturated heterocycles. The van der Waals surface area contributed by atoms with E-state index < -0.39 is 6.09 Å². The SMILES string of the molecule is COC(=O)N/N=C1/C[C@H](C)CC(C)(C)C1. The van der Waals surface area contributed by atoms with Crippen molar-refractivity contribution >= 4 is 11.8 Å². The summed E-state index contributed by atoms with van der Waals surface area (Å²) in [7, 11) is 1.34. The van der Waals surface area contributed by atoms with Gasteiger partial charge in [-0.15, -0.1) is 0 Å². The highest BCUT2D eigenvalue weighted by atomic mass is 16.5. The van der Waals surface area contributed by atoms with Crippen molar-refractivity contribution in [2.45, 2.75) is 40.0 Å². The average molecular weight is 212 g/mol. The van der Waals surface area contributed by atoms with Crippen molar-refractivity contribution in [3.8, 4) is 0 Å². The first-order chi connectivity index (χ1) is 6.93. The molecule has 86 valence electrons. The number of methoxy groups -OCH3 is 1. The van der Waals surface area contributed by atoms with Crippen LogP contribution < -0.4 is 5.43 Å². The molecule has 1 aliphatic rings. The van der Waals surface area contributed by atoms with Crippen LogP contribution in [-0.4, -0.2) is 18.9 Å². The highest BCUT2D eigenvalue weighted by Crippen LogP contribution is 2.36. The van der Waals surface area contributed by atoms with E-state index in [0.717, 1.165) is 18.6 Å². The Morgan fingerprint density at radius 2 is 2.27 bits per heavy atom. The van der Waals surface area contributed by atoms with Gasteiger partial charge >= 0.3 is 6.09 Å². The van der Waals surface area contributed by atoms with Crippen molar-refractivity contribution in [2.75, 3.05) is 7.11 Å². The van der Waals surface area contributed by atoms with Crippen molar-refractivity contribution in [3.05, 3.63) is 0 Å². The predicted octanol–water partition coefficient (Wildman–Crippen LogP) is 2.54. The maximum absolute atomic E-state index is 10.9. The highest BCUT2D eigenvalue weighted by molar-refractivity contribution is 5.86. The first kappa shape index (κ1) is 12.0. The van der Waals surface area contributed by atoms with Gasteiger partial charge in [-0.1, -0.05) is 20.8 Å². The van der Waals surface area contributed by atoms with Crippen LogP contribution in [0.4, 0.5) is 4.79 Å². The van der Waals surface area contributed by atoms with Crippen LogP contribution in [-0.2, 0) is 4.74 Å². The molecule has 0 aliphatic heterocycles. The second kappa shape index (κ2) is 4.64. The summed E-state index contributed by atoms with van der Waals surface area (Å²) in [6.07, 6.45) is 2.62. The zero-order valence-corrected chi connectivity index (χ0v) is 9.96. The summed E-state index contributed by atoms with van der Waals surface area (Å²) in [6.45, 7) is 6.68. The standard InChI is InChI=1S/C11H20N2O2/c1-8-5-9(7-11(2,3)6-8)12-13-10(14)15-4/h8H,5-7H2,1-4H3,(H,13,14)/b12-9-/t8-/m0/s1. The minimum absolute atomic E-state index is 0.286. The van der Waals surface area contributed by atoms with Gasteiger partial charge in [-0.05, 0) is 30.6 Å². The second-order valence-corrected chi connectivity index (χ2v) is 5.14. The van der Waals surface area contributed by atoms with Gasteiger partial charge in [-0.25, -0.2) is 10.2 Å². The quantitative estimate of drug-likeness (QED) is 0.679. The lowest BCUT2D eigenvalue weighted by Gasteiger charge is -2.34. The number of hydrogen-bond acceptors (Lipinski definition) is 3. The molecule has 1 atom stereocenters. The lowest BCUT2D eigenvalue weighted by Crippen LogP contribution is -2.30. The largest absolute Gasteiger partial charge is 0.452 e. The number of hydrazone groups is 1. The molecule has 0 unspecified atom stereocenters. The molecular weight excluding hydrogens is 192 g/mol. The first-order valence-corrected chi connectivity index (χ1v) is 5.32. The molecule has 0 aromatic heterocycles. The van der Waals surface area contributed by atoms with E-state index in [0.29, 0.717) is 5.92 Å². The Hall–Kier alpha value is -1.06. The zero-order chi connectivity index (χ0) is 11.5. The smallest absolute Gasteiger partial charge is 0.427 e. The summed E-state index contributed by atoms with van der Waals surface area (Å²) in [5, 5.41) is 4.09. The maximum atomic E-state index is 10.9. The molecular formula is C11H20N2O2. The summed E-state index contributed by atoms with van der Waals surface area (Å²) < 4.78 is 4.46. The van der Waals surface area contributed by atoms with Crippen LogP contribution in [0.25, 0.3) is 0 Å². The van der Waals surface area contributed by atoms with Crippen LogP contribution in [0.15, 0.2) is 5.10 Å². The Morgan fingerprint density at radius 1 is 1.60 bits per heavy atom. The molecule has 0 spiro atoms. The van der Waals surface area contributed by atoms with Gasteiger partial charge in [0.1, 0.15) is 0 Å². The third-order valence-electron chi connectivity index (χ3n) is 2.66. The van der Waals surface area contributed by atoms with E-state index in [1.165, 1.54) is 13.5 Å². The summed E-state index contributed by atoms with van der Waals surface area (Å²) in [5.41, 5.74) is 3.73. The Kier molecular flexibility index (Phi) is 3.72. The molecule has 1 aliphatic carbocycles. The van der Waals surface area contributed by atoms with E-state index >= 15 is 0 Å². The lowest BCUT2D eigenvalue weighted by molar-refractivity contribution is 0.171. The molecule has 1 amide bonds. The average Bonchev–Trinajstić information content (AvgIpc) is 2.11. The van der Waals surface area contributed by atoms with E-state index in [1.807, 2.05) is 0 Å². The molecule has 1 saturated carbocycles. The van der Waals surface area contributed by atoms with Gasteiger partial charge in [0.15, 0.2) is 0 Å². The summed E-state index contributed by atoms with van der Waals surface area (Å²) in [6, 6.07) is 0. The van der Waals surface area contributed by atoms with Crippen molar-refractivity contribution in [3.63, 3.8) is 0 Å². The molecule has 1 rings (SSSR count). The number of nitrogens with one attached hydrogen (secondary N) is 1. The minimum Gasteiger partial charge on any atom is -0.452 e. The van der Waals surface area contributed by atoms with E-state index in [2.05, 4.69) is 36.0 Å². The number of carbonyl (C=O) groups excluding carboxylic acids is 1. The van der Waals surface area contributed by atoms with Gasteiger partial charge in [0.25, 0.3) is 0 Å². The van der Waals surface area contributed by atoms with Gasteiger partial charge in [0.2, 0.25) is 0 Å². The van der Waals surface area contributed by atoms with Crippen LogP contribution in [0.1, 0.15) is 40.0 Å². The molecule has 1 N–H and O–H groups in total. The van der Waals surface area contributed by atoms with Crippen LogP contribution in [0.3, 0.4) is 0 Å². The van der Waals surface area contributed by atoms with Gasteiger partial charge in [0, 0.05) is 5.71 Å². The van der Waals surface area contributed by atoms with E-state index in [1.54, 1.807) is 0 Å². The monoisotopic (exact) mass is 212 g/mol. The minimum atomic E-state index is -0.501. The highest BCUT2D eigenvalue weighted by Gasteiger charge is 2.29. The number of carbonyl (C=O) groups is 1. The fourth-order valence-corrected chi connectivity index (χ4v) is 2.37. The number of rotatable bonds is 1. The Bertz CT molecular complexity index is 272. The van der Waals surface area contributed by atoms with Gasteiger partial charge < -0.3 is 4.74 Å². The molecule has 0 bridgehead atoms. The Balaban J connectivity index is 2.58. The lowest BCUT2D eigenvalue weighted by atomic mass is 9.72. The number of nitrogens with zero attached hydrogens (tertiary/aromatic N) is 1. The first-order valence-electron chi connectivity index (χ1n) is 5.32. The molecule has 15 heavy (non-hydrogen) atoms. The molecule has 4 nitrogen and oxygen atoms in total. The fourth-order valence-electron chi connectivity index (χ4n) is 2.37. The summed E-state index contributed by atoms with van der Waals surface area (Å²) >= 11 is 0. The molecule has 4 heteroatoms. The van der Waals surface area contributed by atoms with Crippen LogP contribution in [0.5, 0.6) is 0 Å². The third-order valence-corrected chi connectivity index (χ3v) is 2.66. The van der Waals surface area contributed by atoms with Crippen LogP contribution >= 0.6 is 0 Å². The van der Waals surface area contributed by atoms with E-state index in [9.17, 15) is 4.79 Å². The van der Waals surface area contributed by atoms with Crippen molar-refractivity contribution in [2.24, 2.45) is 16.4 Å².